The third-order valence-electron chi connectivity index (χ3n) is 1.66. The number of carbonyl (C=O) groups is 2. The van der Waals surface area contributed by atoms with E-state index in [2.05, 4.69) is 21.2 Å². The summed E-state index contributed by atoms with van der Waals surface area (Å²) in [5, 5.41) is 2.37. The Bertz CT molecular complexity index is 406. The van der Waals surface area contributed by atoms with Crippen LogP contribution < -0.4 is 16.8 Å². The van der Waals surface area contributed by atoms with E-state index in [0.717, 1.165) is 0 Å². The van der Waals surface area contributed by atoms with Crippen LogP contribution in [0.3, 0.4) is 0 Å². The number of benzene rings is 1. The van der Waals surface area contributed by atoms with Gasteiger partial charge >= 0.3 is 0 Å². The first-order chi connectivity index (χ1) is 7.00. The van der Waals surface area contributed by atoms with Gasteiger partial charge in [-0.05, 0) is 34.1 Å². The van der Waals surface area contributed by atoms with E-state index in [9.17, 15) is 9.59 Å². The molecule has 5 nitrogen and oxygen atoms in total. The number of amides is 2. The lowest BCUT2D eigenvalue weighted by Crippen LogP contribution is -2.33. The maximum atomic E-state index is 11.5. The van der Waals surface area contributed by atoms with Crippen LogP contribution in [0.2, 0.25) is 0 Å². The minimum atomic E-state index is -0.594. The highest BCUT2D eigenvalue weighted by Crippen LogP contribution is 2.19. The number of hydrogen-bond acceptors (Lipinski definition) is 3. The minimum Gasteiger partial charge on any atom is -0.399 e. The molecular weight excluding hydrogens is 262 g/mol. The number of halogens is 1. The molecule has 0 aliphatic rings. The monoisotopic (exact) mass is 271 g/mol. The second-order valence-corrected chi connectivity index (χ2v) is 3.74. The lowest BCUT2D eigenvalue weighted by Gasteiger charge is -2.05. The topological polar surface area (TPSA) is 98.2 Å². The number of rotatable bonds is 3. The molecule has 0 spiro atoms. The Morgan fingerprint density at radius 1 is 1.40 bits per heavy atom. The Morgan fingerprint density at radius 3 is 2.67 bits per heavy atom. The first-order valence-electron chi connectivity index (χ1n) is 4.12. The van der Waals surface area contributed by atoms with Gasteiger partial charge in [0.25, 0.3) is 5.91 Å². The minimum absolute atomic E-state index is 0.194. The molecule has 15 heavy (non-hydrogen) atoms. The van der Waals surface area contributed by atoms with E-state index in [1.165, 1.54) is 6.07 Å². The van der Waals surface area contributed by atoms with Crippen molar-refractivity contribution in [3.63, 3.8) is 0 Å². The molecule has 0 aliphatic heterocycles. The highest BCUT2D eigenvalue weighted by molar-refractivity contribution is 9.10. The van der Waals surface area contributed by atoms with Crippen molar-refractivity contribution < 1.29 is 9.59 Å². The van der Waals surface area contributed by atoms with Gasteiger partial charge in [0.15, 0.2) is 0 Å². The Balaban J connectivity index is 2.81. The van der Waals surface area contributed by atoms with Crippen LogP contribution in [0.15, 0.2) is 22.7 Å². The summed E-state index contributed by atoms with van der Waals surface area (Å²) in [6.45, 7) is -0.194. The van der Waals surface area contributed by atoms with E-state index in [0.29, 0.717) is 15.7 Å². The fourth-order valence-corrected chi connectivity index (χ4v) is 1.41. The zero-order valence-corrected chi connectivity index (χ0v) is 9.37. The van der Waals surface area contributed by atoms with Crippen molar-refractivity contribution in [1.29, 1.82) is 0 Å². The number of carbonyl (C=O) groups excluding carboxylic acids is 2. The van der Waals surface area contributed by atoms with Gasteiger partial charge in [-0.15, -0.1) is 0 Å². The van der Waals surface area contributed by atoms with Crippen LogP contribution in [0, 0.1) is 0 Å². The van der Waals surface area contributed by atoms with Crippen LogP contribution in [0.1, 0.15) is 10.4 Å². The van der Waals surface area contributed by atoms with E-state index >= 15 is 0 Å². The molecule has 0 fully saturated rings. The van der Waals surface area contributed by atoms with Gasteiger partial charge in [-0.25, -0.2) is 0 Å². The molecule has 0 unspecified atom stereocenters. The number of hydrogen-bond donors (Lipinski definition) is 3. The second-order valence-electron chi connectivity index (χ2n) is 2.89. The summed E-state index contributed by atoms with van der Waals surface area (Å²) in [5.41, 5.74) is 11.3. The SMILES string of the molecule is NC(=O)CNC(=O)c1cc(N)ccc1Br. The Morgan fingerprint density at radius 2 is 2.07 bits per heavy atom. The van der Waals surface area contributed by atoms with Crippen LogP contribution in [-0.2, 0) is 4.79 Å². The number of nitrogen functional groups attached to an aromatic ring is 1. The van der Waals surface area contributed by atoms with Crippen LogP contribution in [-0.4, -0.2) is 18.4 Å². The molecule has 0 saturated heterocycles. The third-order valence-corrected chi connectivity index (χ3v) is 2.35. The quantitative estimate of drug-likeness (QED) is 0.687. The average Bonchev–Trinajstić information content (AvgIpc) is 2.18. The largest absolute Gasteiger partial charge is 0.399 e. The lowest BCUT2D eigenvalue weighted by atomic mass is 10.2. The van der Waals surface area contributed by atoms with Crippen molar-refractivity contribution in [3.05, 3.63) is 28.2 Å². The molecule has 5 N–H and O–H groups in total. The first-order valence-corrected chi connectivity index (χ1v) is 4.91. The summed E-state index contributed by atoms with van der Waals surface area (Å²) in [6.07, 6.45) is 0. The summed E-state index contributed by atoms with van der Waals surface area (Å²) in [7, 11) is 0. The maximum Gasteiger partial charge on any atom is 0.252 e. The van der Waals surface area contributed by atoms with Crippen LogP contribution in [0.5, 0.6) is 0 Å². The van der Waals surface area contributed by atoms with E-state index in [1.807, 2.05) is 0 Å². The summed E-state index contributed by atoms with van der Waals surface area (Å²) in [6, 6.07) is 4.84. The van der Waals surface area contributed by atoms with Gasteiger partial charge in [0.1, 0.15) is 0 Å². The summed E-state index contributed by atoms with van der Waals surface area (Å²) < 4.78 is 0.610. The molecule has 1 aromatic rings. The molecule has 2 amide bonds. The summed E-state index contributed by atoms with van der Waals surface area (Å²) in [4.78, 5) is 22.0. The van der Waals surface area contributed by atoms with Crippen LogP contribution >= 0.6 is 15.9 Å². The number of nitrogens with two attached hydrogens (primary N) is 2. The first kappa shape index (κ1) is 11.5. The van der Waals surface area contributed by atoms with Crippen molar-refractivity contribution in [3.8, 4) is 0 Å². The molecule has 1 aromatic carbocycles. The average molecular weight is 272 g/mol. The van der Waals surface area contributed by atoms with Gasteiger partial charge in [-0.1, -0.05) is 0 Å². The highest BCUT2D eigenvalue weighted by Gasteiger charge is 2.10. The molecule has 80 valence electrons. The van der Waals surface area contributed by atoms with E-state index < -0.39 is 11.8 Å². The molecule has 6 heteroatoms. The summed E-state index contributed by atoms with van der Waals surface area (Å²) in [5.74, 6) is -0.989. The summed E-state index contributed by atoms with van der Waals surface area (Å²) >= 11 is 3.21. The van der Waals surface area contributed by atoms with Crippen molar-refractivity contribution in [2.24, 2.45) is 5.73 Å². The predicted molar refractivity (Wildman–Crippen MR) is 60.1 cm³/mol. The standard InChI is InChI=1S/C9H10BrN3O2/c10-7-2-1-5(11)3-6(7)9(15)13-4-8(12)14/h1-3H,4,11H2,(H2,12,14)(H,13,15). The third kappa shape index (κ3) is 3.25. The van der Waals surface area contributed by atoms with Crippen molar-refractivity contribution in [2.75, 3.05) is 12.3 Å². The van der Waals surface area contributed by atoms with E-state index in [4.69, 9.17) is 11.5 Å². The maximum absolute atomic E-state index is 11.5. The van der Waals surface area contributed by atoms with Crippen molar-refractivity contribution in [1.82, 2.24) is 5.32 Å². The molecule has 0 radical (unpaired) electrons. The van der Waals surface area contributed by atoms with E-state index in [1.54, 1.807) is 12.1 Å². The fraction of sp³-hybridized carbons (Fsp3) is 0.111. The molecule has 0 heterocycles. The molecule has 1 rings (SSSR count). The second kappa shape index (κ2) is 4.79. The predicted octanol–water partition coefficient (Wildman–Crippen LogP) is 0.246. The molecule has 0 aliphatic carbocycles. The highest BCUT2D eigenvalue weighted by atomic mass is 79.9. The molecule has 0 aromatic heterocycles. The Kier molecular flexibility index (Phi) is 3.68. The van der Waals surface area contributed by atoms with Gasteiger partial charge < -0.3 is 16.8 Å². The van der Waals surface area contributed by atoms with Gasteiger partial charge in [-0.2, -0.15) is 0 Å². The molecule has 0 atom stereocenters. The molecule has 0 saturated carbocycles. The molecule has 0 bridgehead atoms. The van der Waals surface area contributed by atoms with Crippen molar-refractivity contribution in [2.45, 2.75) is 0 Å². The Labute approximate surface area is 94.9 Å². The van der Waals surface area contributed by atoms with Gasteiger partial charge in [0.2, 0.25) is 5.91 Å². The molecular formula is C9H10BrN3O2. The number of primary amides is 1. The van der Waals surface area contributed by atoms with Crippen LogP contribution in [0.25, 0.3) is 0 Å². The van der Waals surface area contributed by atoms with Gasteiger partial charge in [0, 0.05) is 10.2 Å². The van der Waals surface area contributed by atoms with E-state index in [-0.39, 0.29) is 6.54 Å². The zero-order valence-electron chi connectivity index (χ0n) is 7.79. The zero-order chi connectivity index (χ0) is 11.4. The number of nitrogens with one attached hydrogen (secondary N) is 1. The van der Waals surface area contributed by atoms with Gasteiger partial charge in [0.05, 0.1) is 12.1 Å². The fourth-order valence-electron chi connectivity index (χ4n) is 0.980. The number of anilines is 1. The smallest absolute Gasteiger partial charge is 0.252 e. The Hall–Kier alpha value is -1.56. The lowest BCUT2D eigenvalue weighted by molar-refractivity contribution is -0.117. The van der Waals surface area contributed by atoms with Crippen LogP contribution in [0.4, 0.5) is 5.69 Å². The van der Waals surface area contributed by atoms with Gasteiger partial charge in [-0.3, -0.25) is 9.59 Å². The normalized spacial score (nSPS) is 9.67. The van der Waals surface area contributed by atoms with Crippen molar-refractivity contribution >= 4 is 33.4 Å².